The smallest absolute Gasteiger partial charge is 1.00 e. The molecule has 0 aliphatic carbocycles. The van der Waals surface area contributed by atoms with Crippen molar-refractivity contribution in [2.45, 2.75) is 20.8 Å². The van der Waals surface area contributed by atoms with Gasteiger partial charge in [-0.15, -0.1) is 0 Å². The molecule has 2 aromatic carbocycles. The van der Waals surface area contributed by atoms with Crippen LogP contribution in [-0.2, 0) is 18.6 Å². The molecular weight excluding hydrogens is 492 g/mol. The number of benzene rings is 2. The van der Waals surface area contributed by atoms with E-state index in [1.807, 2.05) is 93.6 Å². The van der Waals surface area contributed by atoms with Crippen LogP contribution in [0.4, 0.5) is 11.4 Å². The van der Waals surface area contributed by atoms with E-state index in [0.717, 1.165) is 39.7 Å². The van der Waals surface area contributed by atoms with Crippen molar-refractivity contribution in [3.63, 3.8) is 0 Å². The molecule has 0 unspecified atom stereocenters. The molecule has 1 heterocycles. The van der Waals surface area contributed by atoms with Crippen LogP contribution in [0.15, 0.2) is 83.0 Å². The van der Waals surface area contributed by atoms with Crippen LogP contribution in [-0.4, -0.2) is 16.4 Å². The second kappa shape index (κ2) is 15.7. The van der Waals surface area contributed by atoms with Crippen LogP contribution in [0.25, 0.3) is 0 Å². The van der Waals surface area contributed by atoms with Gasteiger partial charge in [-0.3, -0.25) is 10.9 Å². The molecular formula is C22H23Cl3N5V. The van der Waals surface area contributed by atoms with Crippen LogP contribution in [0.1, 0.15) is 30.8 Å². The third-order valence-corrected chi connectivity index (χ3v) is 3.96. The van der Waals surface area contributed by atoms with Crippen molar-refractivity contribution in [2.24, 2.45) is 10.2 Å². The van der Waals surface area contributed by atoms with E-state index in [2.05, 4.69) is 21.1 Å². The normalized spacial score (nSPS) is 10.4. The summed E-state index contributed by atoms with van der Waals surface area (Å²) in [6.07, 6.45) is 0. The number of aryl methyl sites for hydroxylation is 1. The van der Waals surface area contributed by atoms with Crippen LogP contribution in [0, 0.1) is 6.92 Å². The summed E-state index contributed by atoms with van der Waals surface area (Å²) >= 11 is 0. The molecule has 0 bridgehead atoms. The van der Waals surface area contributed by atoms with Gasteiger partial charge >= 0.3 is 18.6 Å². The fourth-order valence-electron chi connectivity index (χ4n) is 2.47. The second-order valence-corrected chi connectivity index (χ2v) is 6.27. The third-order valence-electron chi connectivity index (χ3n) is 3.96. The topological polar surface area (TPSA) is 61.7 Å². The molecule has 9 heteroatoms. The number of pyridine rings is 1. The van der Waals surface area contributed by atoms with Crippen molar-refractivity contribution >= 4 is 22.8 Å². The Morgan fingerprint density at radius 1 is 0.677 bits per heavy atom. The molecule has 1 aromatic heterocycles. The first kappa shape index (κ1) is 31.2. The number of hydrogen-bond acceptors (Lipinski definition) is 5. The number of hydrazone groups is 2. The standard InChI is InChI=1S/C22H23N5.3ClH.V/c1-16-14-21(17(2)24-26-19-10-6-4-7-11-19)23-22(15-16)18(3)25-27-20-12-8-5-9-13-20;;;;/h4-15,26-27H,1-3H3;3*1H;/q;;;;+3/p-3. The third kappa shape index (κ3) is 9.77. The van der Waals surface area contributed by atoms with Crippen LogP contribution < -0.4 is 48.1 Å². The van der Waals surface area contributed by atoms with E-state index < -0.39 is 0 Å². The summed E-state index contributed by atoms with van der Waals surface area (Å²) in [4.78, 5) is 4.72. The molecule has 0 amide bonds. The zero-order valence-corrected chi connectivity index (χ0v) is 21.0. The molecule has 3 rings (SSSR count). The van der Waals surface area contributed by atoms with Crippen LogP contribution >= 0.6 is 0 Å². The Kier molecular flexibility index (Phi) is 15.8. The summed E-state index contributed by atoms with van der Waals surface area (Å²) in [7, 11) is 0. The SMILES string of the molecule is CC(=NNc1ccccc1)c1cc(C)cc(C(C)=NNc2ccccc2)n1.[Cl-].[Cl-].[Cl-].[V+3]. The minimum atomic E-state index is 0. The van der Waals surface area contributed by atoms with Gasteiger partial charge in [0, 0.05) is 0 Å². The Labute approximate surface area is 214 Å². The van der Waals surface area contributed by atoms with Crippen molar-refractivity contribution in [2.75, 3.05) is 10.9 Å². The number of aromatic nitrogens is 1. The van der Waals surface area contributed by atoms with E-state index in [0.29, 0.717) is 0 Å². The number of para-hydroxylation sites is 2. The van der Waals surface area contributed by atoms with Gasteiger partial charge in [-0.25, -0.2) is 4.98 Å². The Hall–Kier alpha value is -2.02. The van der Waals surface area contributed by atoms with Crippen LogP contribution in [0.2, 0.25) is 0 Å². The second-order valence-electron chi connectivity index (χ2n) is 6.27. The molecule has 0 radical (unpaired) electrons. The summed E-state index contributed by atoms with van der Waals surface area (Å²) in [6.45, 7) is 5.93. The number of nitrogens with zero attached hydrogens (tertiary/aromatic N) is 3. The van der Waals surface area contributed by atoms with Crippen molar-refractivity contribution in [1.82, 2.24) is 4.98 Å². The maximum atomic E-state index is 4.72. The summed E-state index contributed by atoms with van der Waals surface area (Å²) in [5.41, 5.74) is 12.4. The first-order chi connectivity index (χ1) is 13.1. The first-order valence-corrected chi connectivity index (χ1v) is 8.82. The molecule has 0 saturated heterocycles. The van der Waals surface area contributed by atoms with Crippen molar-refractivity contribution in [1.29, 1.82) is 0 Å². The predicted octanol–water partition coefficient (Wildman–Crippen LogP) is -3.93. The zero-order chi connectivity index (χ0) is 19.1. The predicted molar refractivity (Wildman–Crippen MR) is 114 cm³/mol. The van der Waals surface area contributed by atoms with Gasteiger partial charge in [0.1, 0.15) is 0 Å². The average Bonchev–Trinajstić information content (AvgIpc) is 2.71. The van der Waals surface area contributed by atoms with Gasteiger partial charge in [0.15, 0.2) is 0 Å². The molecule has 162 valence electrons. The number of hydrogen-bond donors (Lipinski definition) is 2. The van der Waals surface area contributed by atoms with Crippen LogP contribution in [0.3, 0.4) is 0 Å². The van der Waals surface area contributed by atoms with E-state index in [4.69, 9.17) is 4.98 Å². The molecule has 0 spiro atoms. The Morgan fingerprint density at radius 3 is 1.39 bits per heavy atom. The van der Waals surface area contributed by atoms with Gasteiger partial charge in [0.2, 0.25) is 0 Å². The molecule has 0 aliphatic rings. The van der Waals surface area contributed by atoms with Gasteiger partial charge in [-0.2, -0.15) is 10.2 Å². The van der Waals surface area contributed by atoms with Gasteiger partial charge in [0.05, 0.1) is 34.2 Å². The summed E-state index contributed by atoms with van der Waals surface area (Å²) in [6, 6.07) is 23.7. The minimum Gasteiger partial charge on any atom is -1.00 e. The maximum absolute atomic E-state index is 4.72. The fraction of sp³-hybridized carbons (Fsp3) is 0.136. The van der Waals surface area contributed by atoms with Gasteiger partial charge in [-0.1, -0.05) is 36.4 Å². The molecule has 0 saturated carbocycles. The Bertz CT molecular complexity index is 892. The molecule has 5 nitrogen and oxygen atoms in total. The van der Waals surface area contributed by atoms with Crippen LogP contribution in [0.5, 0.6) is 0 Å². The monoisotopic (exact) mass is 513 g/mol. The summed E-state index contributed by atoms with van der Waals surface area (Å²) in [5, 5.41) is 8.90. The molecule has 3 aromatic rings. The minimum absolute atomic E-state index is 0. The summed E-state index contributed by atoms with van der Waals surface area (Å²) < 4.78 is 0. The van der Waals surface area contributed by atoms with E-state index in [1.54, 1.807) is 0 Å². The maximum Gasteiger partial charge on any atom is 3.00 e. The quantitative estimate of drug-likeness (QED) is 0.261. The van der Waals surface area contributed by atoms with Crippen molar-refractivity contribution < 1.29 is 55.8 Å². The number of anilines is 2. The van der Waals surface area contributed by atoms with E-state index >= 15 is 0 Å². The first-order valence-electron chi connectivity index (χ1n) is 8.82. The Balaban J connectivity index is 0. The average molecular weight is 515 g/mol. The van der Waals surface area contributed by atoms with E-state index in [-0.39, 0.29) is 55.8 Å². The number of nitrogens with one attached hydrogen (secondary N) is 2. The largest absolute Gasteiger partial charge is 3.00 e. The fourth-order valence-corrected chi connectivity index (χ4v) is 2.47. The van der Waals surface area contributed by atoms with E-state index in [1.165, 1.54) is 0 Å². The Morgan fingerprint density at radius 2 is 1.03 bits per heavy atom. The molecule has 0 atom stereocenters. The zero-order valence-electron chi connectivity index (χ0n) is 17.4. The van der Waals surface area contributed by atoms with Gasteiger partial charge in [-0.05, 0) is 62.7 Å². The number of rotatable bonds is 6. The molecule has 0 aliphatic heterocycles. The molecule has 31 heavy (non-hydrogen) atoms. The molecule has 0 fully saturated rings. The molecule has 2 N–H and O–H groups in total. The van der Waals surface area contributed by atoms with Crippen molar-refractivity contribution in [3.8, 4) is 0 Å². The summed E-state index contributed by atoms with van der Waals surface area (Å²) in [5.74, 6) is 0. The number of halogens is 3. The van der Waals surface area contributed by atoms with Crippen molar-refractivity contribution in [3.05, 3.63) is 89.7 Å². The van der Waals surface area contributed by atoms with E-state index in [9.17, 15) is 0 Å². The van der Waals surface area contributed by atoms with Gasteiger partial charge < -0.3 is 37.2 Å². The van der Waals surface area contributed by atoms with Gasteiger partial charge in [0.25, 0.3) is 0 Å².